The minimum Gasteiger partial charge on any atom is -0.279 e. The van der Waals surface area contributed by atoms with Gasteiger partial charge in [0, 0.05) is 28.3 Å². The molecule has 1 aromatic heterocycles. The van der Waals surface area contributed by atoms with Gasteiger partial charge in [0.25, 0.3) is 0 Å². The van der Waals surface area contributed by atoms with Crippen LogP contribution in [0.3, 0.4) is 0 Å². The van der Waals surface area contributed by atoms with E-state index in [1.807, 2.05) is 0 Å². The lowest BCUT2D eigenvalue weighted by Gasteiger charge is -2.45. The van der Waals surface area contributed by atoms with E-state index in [0.29, 0.717) is 17.7 Å². The molecule has 0 unspecified atom stereocenters. The van der Waals surface area contributed by atoms with Gasteiger partial charge in [0.1, 0.15) is 0 Å². The fourth-order valence-electron chi connectivity index (χ4n) is 13.7. The van der Waals surface area contributed by atoms with Crippen LogP contribution in [0.25, 0.3) is 55.2 Å². The highest BCUT2D eigenvalue weighted by molar-refractivity contribution is 7.22. The molecule has 7 heteroatoms. The summed E-state index contributed by atoms with van der Waals surface area (Å²) in [6, 6.07) is 118. The number of anilines is 6. The van der Waals surface area contributed by atoms with E-state index in [9.17, 15) is 0 Å². The zero-order valence-corrected chi connectivity index (χ0v) is 47.8. The van der Waals surface area contributed by atoms with E-state index in [2.05, 4.69) is 331 Å². The monoisotopic (exact) mass is 1100 g/mol. The second-order valence-corrected chi connectivity index (χ2v) is 29.3. The molecule has 0 saturated heterocycles. The molecular formula is C77H53N5Si2. The highest BCUT2D eigenvalue weighted by atomic mass is 28.3. The molecule has 16 rings (SSSR count). The minimum absolute atomic E-state index is 0.529. The van der Waals surface area contributed by atoms with Crippen molar-refractivity contribution < 1.29 is 0 Å². The van der Waals surface area contributed by atoms with Crippen LogP contribution in [0, 0.1) is 0 Å². The summed E-state index contributed by atoms with van der Waals surface area (Å²) in [6.45, 7) is 0. The molecular weight excluding hydrogens is 1050 g/mol. The topological polar surface area (TPSA) is 45.2 Å². The molecule has 2 aliphatic rings. The molecule has 84 heavy (non-hydrogen) atoms. The number of aromatic nitrogens is 3. The molecule has 2 aliphatic heterocycles. The fourth-order valence-corrected chi connectivity index (χ4v) is 24.0. The molecule has 0 saturated carbocycles. The van der Waals surface area contributed by atoms with Gasteiger partial charge in [-0.1, -0.05) is 285 Å². The van der Waals surface area contributed by atoms with Crippen molar-refractivity contribution in [3.8, 4) is 33.6 Å². The van der Waals surface area contributed by atoms with Crippen molar-refractivity contribution in [1.29, 1.82) is 0 Å². The van der Waals surface area contributed by atoms with Crippen LogP contribution >= 0.6 is 0 Å². The summed E-state index contributed by atoms with van der Waals surface area (Å²) in [6.07, 6.45) is 0. The Labute approximate surface area is 490 Å². The lowest BCUT2D eigenvalue weighted by atomic mass is 10.0. The second-order valence-electron chi connectivity index (χ2n) is 21.9. The molecule has 0 atom stereocenters. The number of nitrogens with zero attached hydrogens (tertiary/aromatic N) is 5. The van der Waals surface area contributed by atoms with Crippen LogP contribution < -0.4 is 51.3 Å². The van der Waals surface area contributed by atoms with Crippen LogP contribution in [0.1, 0.15) is 0 Å². The van der Waals surface area contributed by atoms with Gasteiger partial charge in [-0.05, 0) is 122 Å². The Morgan fingerprint density at radius 3 is 0.929 bits per heavy atom. The first-order valence-electron chi connectivity index (χ1n) is 28.7. The quantitative estimate of drug-likeness (QED) is 0.135. The van der Waals surface area contributed by atoms with Crippen molar-refractivity contribution in [3.05, 3.63) is 322 Å². The fraction of sp³-hybridized carbons (Fsp3) is 0. The summed E-state index contributed by atoms with van der Waals surface area (Å²) < 4.78 is 0. The molecule has 0 amide bonds. The standard InChI is InChI=1S/C77H53N5Si2/c1-6-26-56(27-7-1)75-78-76(81-67-38-20-22-40-71(67)83(63-30-8-2-9-31-63,64-32-10-3-11-33-64)73-52-61(46-48-69(73)81)59-44-42-54-24-16-18-28-57(54)50-59)80-77(79-75)82-68-39-21-23-41-72(68)84(65-34-12-4-13-35-65,66-36-14-5-15-37-66)74-53-62(47-49-70(74)82)60-45-43-55-25-17-19-29-58(55)51-60/h1-53H. The third-order valence-corrected chi connectivity index (χ3v) is 27.1. The minimum atomic E-state index is -3.14. The van der Waals surface area contributed by atoms with Gasteiger partial charge < -0.3 is 0 Å². The van der Waals surface area contributed by atoms with E-state index >= 15 is 0 Å². The van der Waals surface area contributed by atoms with Crippen LogP contribution in [-0.2, 0) is 0 Å². The number of benzene rings is 13. The van der Waals surface area contributed by atoms with E-state index in [0.717, 1.165) is 50.6 Å². The number of hydrogen-bond donors (Lipinski definition) is 0. The molecule has 0 N–H and O–H groups in total. The maximum absolute atomic E-state index is 5.88. The lowest BCUT2D eigenvalue weighted by Crippen LogP contribution is -2.77. The zero-order valence-electron chi connectivity index (χ0n) is 45.8. The Kier molecular flexibility index (Phi) is 11.8. The smallest absolute Gasteiger partial charge is 0.240 e. The third kappa shape index (κ3) is 7.78. The molecule has 13 aromatic carbocycles. The first-order chi connectivity index (χ1) is 41.6. The first kappa shape index (κ1) is 49.3. The average molecular weight is 1100 g/mol. The van der Waals surface area contributed by atoms with Gasteiger partial charge in [-0.3, -0.25) is 9.80 Å². The Morgan fingerprint density at radius 2 is 0.524 bits per heavy atom. The Morgan fingerprint density at radius 1 is 0.214 bits per heavy atom. The molecule has 0 radical (unpaired) electrons. The van der Waals surface area contributed by atoms with Crippen molar-refractivity contribution >= 4 is 114 Å². The van der Waals surface area contributed by atoms with Crippen LogP contribution in [-0.4, -0.2) is 31.1 Å². The van der Waals surface area contributed by atoms with Gasteiger partial charge in [-0.15, -0.1) is 0 Å². The number of hydrogen-bond acceptors (Lipinski definition) is 5. The van der Waals surface area contributed by atoms with Gasteiger partial charge in [0.15, 0.2) is 22.0 Å². The molecule has 0 fully saturated rings. The summed E-state index contributed by atoms with van der Waals surface area (Å²) in [5.41, 5.74) is 9.67. The summed E-state index contributed by atoms with van der Waals surface area (Å²) in [5.74, 6) is 1.64. The largest absolute Gasteiger partial charge is 0.279 e. The number of fused-ring (bicyclic) bond motifs is 6. The van der Waals surface area contributed by atoms with Crippen LogP contribution in [0.15, 0.2) is 322 Å². The predicted molar refractivity (Wildman–Crippen MR) is 355 cm³/mol. The Balaban J connectivity index is 0.981. The highest BCUT2D eigenvalue weighted by Gasteiger charge is 2.51. The maximum Gasteiger partial charge on any atom is 0.240 e. The average Bonchev–Trinajstić information content (AvgIpc) is 1.07. The van der Waals surface area contributed by atoms with Gasteiger partial charge in [0.05, 0.1) is 0 Å². The van der Waals surface area contributed by atoms with Crippen molar-refractivity contribution in [2.24, 2.45) is 0 Å². The predicted octanol–water partition coefficient (Wildman–Crippen LogP) is 13.5. The third-order valence-electron chi connectivity index (χ3n) is 17.4. The summed E-state index contributed by atoms with van der Waals surface area (Å²) >= 11 is 0. The first-order valence-corrected chi connectivity index (χ1v) is 32.7. The molecule has 5 nitrogen and oxygen atoms in total. The second kappa shape index (κ2) is 20.1. The van der Waals surface area contributed by atoms with Crippen molar-refractivity contribution in [2.45, 2.75) is 0 Å². The number of rotatable bonds is 9. The van der Waals surface area contributed by atoms with Gasteiger partial charge in [-0.2, -0.15) is 15.0 Å². The van der Waals surface area contributed by atoms with E-state index in [-0.39, 0.29) is 0 Å². The molecule has 394 valence electrons. The van der Waals surface area contributed by atoms with Crippen LogP contribution in [0.2, 0.25) is 0 Å². The Hall–Kier alpha value is -10.6. The summed E-state index contributed by atoms with van der Waals surface area (Å²) in [5, 5.41) is 15.1. The molecule has 0 bridgehead atoms. The maximum atomic E-state index is 5.88. The molecule has 14 aromatic rings. The molecule has 0 aliphatic carbocycles. The molecule has 3 heterocycles. The highest BCUT2D eigenvalue weighted by Crippen LogP contribution is 2.43. The van der Waals surface area contributed by atoms with Gasteiger partial charge in [-0.25, -0.2) is 0 Å². The summed E-state index contributed by atoms with van der Waals surface area (Å²) in [4.78, 5) is 21.8. The SMILES string of the molecule is c1ccc(-c2nc(N3c4ccccc4[Si](c4ccccc4)(c4ccccc4)c4cc(-c5ccc6ccccc6c5)ccc43)nc(N3c4ccccc4[Si](c4ccccc4)(c4ccccc4)c4cc(-c5ccc6ccccc6c5)ccc43)n2)cc1. The van der Waals surface area contributed by atoms with Crippen molar-refractivity contribution in [2.75, 3.05) is 9.80 Å². The van der Waals surface area contributed by atoms with Crippen LogP contribution in [0.5, 0.6) is 0 Å². The van der Waals surface area contributed by atoms with Gasteiger partial charge >= 0.3 is 0 Å². The number of para-hydroxylation sites is 2. The van der Waals surface area contributed by atoms with Crippen molar-refractivity contribution in [3.63, 3.8) is 0 Å². The molecule has 0 spiro atoms. The van der Waals surface area contributed by atoms with E-state index in [4.69, 9.17) is 15.0 Å². The lowest BCUT2D eigenvalue weighted by molar-refractivity contribution is 0.990. The summed E-state index contributed by atoms with van der Waals surface area (Å²) in [7, 11) is -6.27. The van der Waals surface area contributed by atoms with Crippen molar-refractivity contribution in [1.82, 2.24) is 15.0 Å². The van der Waals surface area contributed by atoms with Crippen LogP contribution in [0.4, 0.5) is 34.6 Å². The van der Waals surface area contributed by atoms with E-state index in [1.165, 1.54) is 63.0 Å². The Bertz CT molecular complexity index is 4450. The normalized spacial score (nSPS) is 13.6. The van der Waals surface area contributed by atoms with E-state index < -0.39 is 16.1 Å². The van der Waals surface area contributed by atoms with E-state index in [1.54, 1.807) is 0 Å². The zero-order chi connectivity index (χ0) is 55.6. The van der Waals surface area contributed by atoms with Gasteiger partial charge in [0.2, 0.25) is 11.9 Å².